The van der Waals surface area contributed by atoms with Crippen LogP contribution in [0.2, 0.25) is 0 Å². The number of ether oxygens (including phenoxy) is 1. The van der Waals surface area contributed by atoms with Gasteiger partial charge in [-0.3, -0.25) is 4.90 Å². The fourth-order valence-electron chi connectivity index (χ4n) is 2.19. The van der Waals surface area contributed by atoms with E-state index in [1.165, 1.54) is 16.0 Å². The Kier molecular flexibility index (Phi) is 5.10. The summed E-state index contributed by atoms with van der Waals surface area (Å²) in [7, 11) is 0. The summed E-state index contributed by atoms with van der Waals surface area (Å²) >= 11 is 1.96. The van der Waals surface area contributed by atoms with Gasteiger partial charge in [-0.2, -0.15) is 0 Å². The van der Waals surface area contributed by atoms with E-state index >= 15 is 0 Å². The maximum atomic E-state index is 5.55. The Morgan fingerprint density at radius 1 is 1.33 bits per heavy atom. The van der Waals surface area contributed by atoms with E-state index < -0.39 is 0 Å². The van der Waals surface area contributed by atoms with E-state index in [0.717, 1.165) is 32.0 Å². The molecule has 2 rings (SSSR count). The zero-order chi connectivity index (χ0) is 13.0. The van der Waals surface area contributed by atoms with Crippen LogP contribution < -0.4 is 0 Å². The highest BCUT2D eigenvalue weighted by Crippen LogP contribution is 2.21. The van der Waals surface area contributed by atoms with E-state index in [0.29, 0.717) is 6.10 Å². The lowest BCUT2D eigenvalue weighted by atomic mass is 10.1. The largest absolute Gasteiger partial charge is 0.376 e. The molecule has 0 bridgehead atoms. The normalized spacial score (nSPS) is 21.2. The van der Waals surface area contributed by atoms with Crippen LogP contribution in [0.3, 0.4) is 0 Å². The summed E-state index contributed by atoms with van der Waals surface area (Å²) in [5.74, 6) is 1.16. The summed E-state index contributed by atoms with van der Waals surface area (Å²) in [6, 6.07) is 6.74. The molecule has 1 aliphatic heterocycles. The van der Waals surface area contributed by atoms with Gasteiger partial charge < -0.3 is 4.74 Å². The van der Waals surface area contributed by atoms with Crippen molar-refractivity contribution in [2.24, 2.45) is 0 Å². The zero-order valence-corrected chi connectivity index (χ0v) is 12.4. The molecule has 3 heteroatoms. The zero-order valence-electron chi connectivity index (χ0n) is 11.6. The van der Waals surface area contributed by atoms with Crippen molar-refractivity contribution in [2.75, 3.05) is 32.0 Å². The van der Waals surface area contributed by atoms with Crippen LogP contribution in [0.4, 0.5) is 0 Å². The summed E-state index contributed by atoms with van der Waals surface area (Å²) in [6.07, 6.45) is 0.394. The Balaban J connectivity index is 1.76. The highest BCUT2D eigenvalue weighted by Gasteiger charge is 2.15. The predicted molar refractivity (Wildman–Crippen MR) is 78.5 cm³/mol. The van der Waals surface area contributed by atoms with Crippen molar-refractivity contribution in [1.82, 2.24) is 4.90 Å². The summed E-state index contributed by atoms with van der Waals surface area (Å²) in [4.78, 5) is 3.89. The van der Waals surface area contributed by atoms with Crippen LogP contribution in [0.1, 0.15) is 18.1 Å². The lowest BCUT2D eigenvalue weighted by Crippen LogP contribution is -2.42. The first-order chi connectivity index (χ1) is 8.65. The Morgan fingerprint density at radius 2 is 2.17 bits per heavy atom. The van der Waals surface area contributed by atoms with Crippen molar-refractivity contribution < 1.29 is 4.74 Å². The van der Waals surface area contributed by atoms with Crippen LogP contribution in [0.25, 0.3) is 0 Å². The SMILES string of the molecule is Cc1ccc(SCCN2CCOC(C)C2)cc1C. The molecular formula is C15H23NOS. The first kappa shape index (κ1) is 13.9. The van der Waals surface area contributed by atoms with Crippen molar-refractivity contribution >= 4 is 11.8 Å². The lowest BCUT2D eigenvalue weighted by Gasteiger charge is -2.30. The molecule has 0 saturated carbocycles. The van der Waals surface area contributed by atoms with Gasteiger partial charge in [-0.15, -0.1) is 11.8 Å². The van der Waals surface area contributed by atoms with Crippen LogP contribution >= 0.6 is 11.8 Å². The maximum Gasteiger partial charge on any atom is 0.0674 e. The molecule has 0 amide bonds. The van der Waals surface area contributed by atoms with E-state index in [9.17, 15) is 0 Å². The molecule has 1 saturated heterocycles. The van der Waals surface area contributed by atoms with E-state index in [-0.39, 0.29) is 0 Å². The third-order valence-corrected chi connectivity index (χ3v) is 4.45. The van der Waals surface area contributed by atoms with Gasteiger partial charge in [-0.1, -0.05) is 6.07 Å². The maximum absolute atomic E-state index is 5.55. The highest BCUT2D eigenvalue weighted by atomic mass is 32.2. The van der Waals surface area contributed by atoms with Gasteiger partial charge in [-0.05, 0) is 44.0 Å². The van der Waals surface area contributed by atoms with Gasteiger partial charge in [0.15, 0.2) is 0 Å². The van der Waals surface area contributed by atoms with Gasteiger partial charge in [0.1, 0.15) is 0 Å². The number of morpholine rings is 1. The molecule has 1 heterocycles. The molecule has 0 radical (unpaired) electrons. The van der Waals surface area contributed by atoms with E-state index in [2.05, 4.69) is 43.9 Å². The molecule has 0 N–H and O–H groups in total. The number of nitrogens with zero attached hydrogens (tertiary/aromatic N) is 1. The molecule has 100 valence electrons. The molecule has 0 aromatic heterocycles. The van der Waals surface area contributed by atoms with E-state index in [4.69, 9.17) is 4.74 Å². The Labute approximate surface area is 115 Å². The van der Waals surface area contributed by atoms with Gasteiger partial charge in [0.2, 0.25) is 0 Å². The van der Waals surface area contributed by atoms with Gasteiger partial charge in [0.05, 0.1) is 12.7 Å². The van der Waals surface area contributed by atoms with Crippen LogP contribution in [-0.2, 0) is 4.74 Å². The summed E-state index contributed by atoms with van der Waals surface area (Å²) in [6.45, 7) is 10.7. The molecule has 0 aliphatic carbocycles. The third-order valence-electron chi connectivity index (χ3n) is 3.48. The van der Waals surface area contributed by atoms with Crippen molar-refractivity contribution in [2.45, 2.75) is 31.8 Å². The first-order valence-corrected chi connectivity index (χ1v) is 7.68. The summed E-state index contributed by atoms with van der Waals surface area (Å²) in [5, 5.41) is 0. The summed E-state index contributed by atoms with van der Waals surface area (Å²) < 4.78 is 5.55. The van der Waals surface area contributed by atoms with Gasteiger partial charge >= 0.3 is 0 Å². The molecule has 0 spiro atoms. The van der Waals surface area contributed by atoms with Gasteiger partial charge in [-0.25, -0.2) is 0 Å². The number of rotatable bonds is 4. The van der Waals surface area contributed by atoms with Crippen LogP contribution in [0.15, 0.2) is 23.1 Å². The fraction of sp³-hybridized carbons (Fsp3) is 0.600. The van der Waals surface area contributed by atoms with Crippen LogP contribution in [-0.4, -0.2) is 43.0 Å². The number of hydrogen-bond donors (Lipinski definition) is 0. The monoisotopic (exact) mass is 265 g/mol. The molecule has 18 heavy (non-hydrogen) atoms. The molecule has 1 aliphatic rings. The molecule has 1 fully saturated rings. The number of hydrogen-bond acceptors (Lipinski definition) is 3. The number of thioether (sulfide) groups is 1. The molecule has 1 aromatic rings. The first-order valence-electron chi connectivity index (χ1n) is 6.69. The Bertz CT molecular complexity index is 394. The lowest BCUT2D eigenvalue weighted by molar-refractivity contribution is -0.0158. The third kappa shape index (κ3) is 4.01. The predicted octanol–water partition coefficient (Wildman–Crippen LogP) is 3.12. The standard InChI is InChI=1S/C15H23NOS/c1-12-4-5-15(10-13(12)2)18-9-7-16-6-8-17-14(3)11-16/h4-5,10,14H,6-9,11H2,1-3H3. The molecule has 1 aromatic carbocycles. The smallest absolute Gasteiger partial charge is 0.0674 e. The summed E-state index contributed by atoms with van der Waals surface area (Å²) in [5.41, 5.74) is 2.77. The Morgan fingerprint density at radius 3 is 2.89 bits per heavy atom. The topological polar surface area (TPSA) is 12.5 Å². The fourth-order valence-corrected chi connectivity index (χ4v) is 3.20. The minimum atomic E-state index is 0.394. The quantitative estimate of drug-likeness (QED) is 0.776. The minimum Gasteiger partial charge on any atom is -0.376 e. The van der Waals surface area contributed by atoms with Crippen molar-refractivity contribution in [3.05, 3.63) is 29.3 Å². The number of benzene rings is 1. The van der Waals surface area contributed by atoms with Gasteiger partial charge in [0.25, 0.3) is 0 Å². The second kappa shape index (κ2) is 6.60. The Hall–Kier alpha value is -0.510. The highest BCUT2D eigenvalue weighted by molar-refractivity contribution is 7.99. The van der Waals surface area contributed by atoms with E-state index in [1.54, 1.807) is 0 Å². The molecule has 1 atom stereocenters. The molecular weight excluding hydrogens is 242 g/mol. The van der Waals surface area contributed by atoms with E-state index in [1.807, 2.05) is 11.8 Å². The second-order valence-corrected chi connectivity index (χ2v) is 6.24. The molecule has 1 unspecified atom stereocenters. The second-order valence-electron chi connectivity index (χ2n) is 5.08. The average molecular weight is 265 g/mol. The van der Waals surface area contributed by atoms with Crippen LogP contribution in [0, 0.1) is 13.8 Å². The van der Waals surface area contributed by atoms with Crippen LogP contribution in [0.5, 0.6) is 0 Å². The van der Waals surface area contributed by atoms with Gasteiger partial charge in [0, 0.05) is 30.3 Å². The van der Waals surface area contributed by atoms with Crippen molar-refractivity contribution in [3.8, 4) is 0 Å². The number of aryl methyl sites for hydroxylation is 2. The van der Waals surface area contributed by atoms with Crippen molar-refractivity contribution in [3.63, 3.8) is 0 Å². The average Bonchev–Trinajstić information content (AvgIpc) is 2.34. The van der Waals surface area contributed by atoms with Crippen molar-refractivity contribution in [1.29, 1.82) is 0 Å². The molecule has 2 nitrogen and oxygen atoms in total. The minimum absolute atomic E-state index is 0.394.